The summed E-state index contributed by atoms with van der Waals surface area (Å²) in [4.78, 5) is 0. The SMILES string of the molecule is CC(C)(C)[S@@+]([O-])N=C1CCCCc2c1ccc(O)c2F. The maximum absolute atomic E-state index is 14.0. The van der Waals surface area contributed by atoms with E-state index in [2.05, 4.69) is 4.40 Å². The fourth-order valence-electron chi connectivity index (χ4n) is 2.18. The first-order chi connectivity index (χ1) is 9.30. The number of benzene rings is 1. The van der Waals surface area contributed by atoms with Crippen molar-refractivity contribution >= 4 is 17.1 Å². The standard InChI is InChI=1S/C15H20FNO2S/c1-15(2,3)20(19)17-12-7-5-4-6-11-10(12)8-9-13(18)14(11)16/h8-9,18H,4-7H2,1-3H3/t20-/m1/s1. The lowest BCUT2D eigenvalue weighted by Gasteiger charge is -2.19. The molecule has 1 aromatic carbocycles. The van der Waals surface area contributed by atoms with Crippen LogP contribution in [0.1, 0.15) is 51.2 Å². The summed E-state index contributed by atoms with van der Waals surface area (Å²) in [6.07, 6.45) is 3.00. The van der Waals surface area contributed by atoms with Crippen LogP contribution in [0, 0.1) is 5.82 Å². The summed E-state index contributed by atoms with van der Waals surface area (Å²) in [6, 6.07) is 3.02. The second-order valence-electron chi connectivity index (χ2n) is 6.03. The Balaban J connectivity index is 2.48. The van der Waals surface area contributed by atoms with Gasteiger partial charge in [-0.05, 0) is 58.6 Å². The molecule has 0 fully saturated rings. The molecule has 110 valence electrons. The molecule has 5 heteroatoms. The molecule has 1 atom stereocenters. The number of phenols is 1. The second kappa shape index (κ2) is 5.74. The first-order valence-corrected chi connectivity index (χ1v) is 7.91. The molecule has 3 nitrogen and oxygen atoms in total. The molecule has 1 N–H and O–H groups in total. The minimum absolute atomic E-state index is 0.332. The average Bonchev–Trinajstić information content (AvgIpc) is 2.56. The number of fused-ring (bicyclic) bond motifs is 1. The molecular formula is C15H20FNO2S. The molecule has 0 amide bonds. The Kier molecular flexibility index (Phi) is 4.39. The maximum Gasteiger partial charge on any atom is 0.168 e. The topological polar surface area (TPSA) is 55.7 Å². The zero-order valence-corrected chi connectivity index (χ0v) is 12.9. The third-order valence-corrected chi connectivity index (χ3v) is 4.77. The predicted molar refractivity (Wildman–Crippen MR) is 80.1 cm³/mol. The van der Waals surface area contributed by atoms with Crippen LogP contribution in [-0.2, 0) is 17.8 Å². The quantitative estimate of drug-likeness (QED) is 0.637. The van der Waals surface area contributed by atoms with Gasteiger partial charge in [-0.3, -0.25) is 0 Å². The van der Waals surface area contributed by atoms with Crippen molar-refractivity contribution in [2.45, 2.75) is 51.2 Å². The number of phenolic OH excluding ortho intramolecular Hbond substituents is 1. The van der Waals surface area contributed by atoms with Crippen LogP contribution in [0.4, 0.5) is 4.39 Å². The highest BCUT2D eigenvalue weighted by Crippen LogP contribution is 2.30. The van der Waals surface area contributed by atoms with Gasteiger partial charge in [0.2, 0.25) is 0 Å². The predicted octanol–water partition coefficient (Wildman–Crippen LogP) is 3.51. The molecule has 0 spiro atoms. The Labute approximate surface area is 122 Å². The molecule has 20 heavy (non-hydrogen) atoms. The monoisotopic (exact) mass is 297 g/mol. The normalized spacial score (nSPS) is 19.6. The van der Waals surface area contributed by atoms with Gasteiger partial charge in [-0.25, -0.2) is 4.39 Å². The summed E-state index contributed by atoms with van der Waals surface area (Å²) in [5.74, 6) is -0.902. The average molecular weight is 297 g/mol. The van der Waals surface area contributed by atoms with Crippen molar-refractivity contribution in [3.8, 4) is 5.75 Å². The van der Waals surface area contributed by atoms with E-state index in [-0.39, 0.29) is 5.75 Å². The van der Waals surface area contributed by atoms with Crippen molar-refractivity contribution < 1.29 is 14.0 Å². The van der Waals surface area contributed by atoms with E-state index in [0.717, 1.165) is 12.8 Å². The lowest BCUT2D eigenvalue weighted by atomic mass is 10.0. The summed E-state index contributed by atoms with van der Waals surface area (Å²) in [6.45, 7) is 5.59. The van der Waals surface area contributed by atoms with Crippen LogP contribution >= 0.6 is 0 Å². The van der Waals surface area contributed by atoms with Gasteiger partial charge in [0, 0.05) is 11.1 Å². The number of nitrogens with zero attached hydrogens (tertiary/aromatic N) is 1. The van der Waals surface area contributed by atoms with Crippen molar-refractivity contribution in [2.75, 3.05) is 0 Å². The van der Waals surface area contributed by atoms with E-state index in [1.165, 1.54) is 6.07 Å². The third-order valence-electron chi connectivity index (χ3n) is 3.34. The van der Waals surface area contributed by atoms with E-state index in [9.17, 15) is 14.0 Å². The summed E-state index contributed by atoms with van der Waals surface area (Å²) < 4.78 is 30.1. The number of hydrogen-bond acceptors (Lipinski definition) is 3. The Morgan fingerprint density at radius 3 is 2.55 bits per heavy atom. The first-order valence-electron chi connectivity index (χ1n) is 6.81. The fourth-order valence-corrected chi connectivity index (χ4v) is 2.85. The van der Waals surface area contributed by atoms with Crippen molar-refractivity contribution in [3.05, 3.63) is 29.1 Å². The molecular weight excluding hydrogens is 277 g/mol. The molecule has 1 aromatic rings. The van der Waals surface area contributed by atoms with E-state index in [1.807, 2.05) is 20.8 Å². The van der Waals surface area contributed by atoms with Gasteiger partial charge >= 0.3 is 0 Å². The molecule has 0 unspecified atom stereocenters. The molecule has 0 heterocycles. The van der Waals surface area contributed by atoms with Gasteiger partial charge in [0.25, 0.3) is 0 Å². The van der Waals surface area contributed by atoms with E-state index in [1.54, 1.807) is 6.07 Å². The van der Waals surface area contributed by atoms with Crippen molar-refractivity contribution in [2.24, 2.45) is 4.40 Å². The van der Waals surface area contributed by atoms with Crippen LogP contribution in [0.15, 0.2) is 16.5 Å². The highest BCUT2D eigenvalue weighted by atomic mass is 32.2. The lowest BCUT2D eigenvalue weighted by Crippen LogP contribution is -2.27. The number of aromatic hydroxyl groups is 1. The summed E-state index contributed by atoms with van der Waals surface area (Å²) in [7, 11) is 0. The van der Waals surface area contributed by atoms with Gasteiger partial charge in [-0.15, -0.1) is 0 Å². The highest BCUT2D eigenvalue weighted by Gasteiger charge is 2.29. The molecule has 0 aromatic heterocycles. The molecule has 0 saturated carbocycles. The van der Waals surface area contributed by atoms with E-state index >= 15 is 0 Å². The summed E-state index contributed by atoms with van der Waals surface area (Å²) >= 11 is -1.36. The van der Waals surface area contributed by atoms with Crippen LogP contribution in [0.25, 0.3) is 0 Å². The lowest BCUT2D eigenvalue weighted by molar-refractivity contribution is 0.428. The molecule has 1 aliphatic carbocycles. The Hall–Kier alpha value is -1.07. The molecule has 2 rings (SSSR count). The van der Waals surface area contributed by atoms with Gasteiger partial charge in [-0.2, -0.15) is 0 Å². The Morgan fingerprint density at radius 1 is 1.25 bits per heavy atom. The summed E-state index contributed by atoms with van der Waals surface area (Å²) in [5.41, 5.74) is 1.87. The van der Waals surface area contributed by atoms with E-state index < -0.39 is 21.9 Å². The molecule has 0 radical (unpaired) electrons. The van der Waals surface area contributed by atoms with Crippen LogP contribution in [0.2, 0.25) is 0 Å². The van der Waals surface area contributed by atoms with Crippen LogP contribution < -0.4 is 0 Å². The van der Waals surface area contributed by atoms with Crippen molar-refractivity contribution in [1.82, 2.24) is 0 Å². The highest BCUT2D eigenvalue weighted by molar-refractivity contribution is 7.91. The molecule has 0 aliphatic heterocycles. The van der Waals surface area contributed by atoms with Gasteiger partial charge < -0.3 is 9.66 Å². The van der Waals surface area contributed by atoms with Gasteiger partial charge in [-0.1, -0.05) is 4.40 Å². The molecule has 0 bridgehead atoms. The van der Waals surface area contributed by atoms with Crippen LogP contribution in [-0.4, -0.2) is 20.1 Å². The Bertz CT molecular complexity index is 537. The first kappa shape index (κ1) is 15.3. The van der Waals surface area contributed by atoms with Gasteiger partial charge in [0.05, 0.1) is 5.71 Å². The van der Waals surface area contributed by atoms with Gasteiger partial charge in [0.1, 0.15) is 16.1 Å². The van der Waals surface area contributed by atoms with Crippen LogP contribution in [0.5, 0.6) is 5.75 Å². The summed E-state index contributed by atoms with van der Waals surface area (Å²) in [5, 5.41) is 9.49. The minimum Gasteiger partial charge on any atom is -0.591 e. The number of halogens is 1. The fraction of sp³-hybridized carbons (Fsp3) is 0.533. The van der Waals surface area contributed by atoms with E-state index in [0.29, 0.717) is 29.7 Å². The van der Waals surface area contributed by atoms with E-state index in [4.69, 9.17) is 0 Å². The maximum atomic E-state index is 14.0. The van der Waals surface area contributed by atoms with Crippen molar-refractivity contribution in [1.29, 1.82) is 0 Å². The largest absolute Gasteiger partial charge is 0.591 e. The number of hydrogen-bond donors (Lipinski definition) is 1. The smallest absolute Gasteiger partial charge is 0.168 e. The van der Waals surface area contributed by atoms with Gasteiger partial charge in [0.15, 0.2) is 11.6 Å². The number of rotatable bonds is 1. The third kappa shape index (κ3) is 3.15. The zero-order valence-electron chi connectivity index (χ0n) is 12.1. The minimum atomic E-state index is -1.36. The second-order valence-corrected chi connectivity index (χ2v) is 7.94. The Morgan fingerprint density at radius 2 is 1.90 bits per heavy atom. The van der Waals surface area contributed by atoms with Crippen LogP contribution in [0.3, 0.4) is 0 Å². The zero-order chi connectivity index (χ0) is 14.9. The van der Waals surface area contributed by atoms with Crippen molar-refractivity contribution in [3.63, 3.8) is 0 Å². The molecule has 0 saturated heterocycles. The molecule has 1 aliphatic rings.